The summed E-state index contributed by atoms with van der Waals surface area (Å²) < 4.78 is 0. The Morgan fingerprint density at radius 2 is 1.11 bits per heavy atom. The zero-order valence-electron chi connectivity index (χ0n) is 22.7. The third kappa shape index (κ3) is 4.62. The Labute approximate surface area is 213 Å². The summed E-state index contributed by atoms with van der Waals surface area (Å²) in [5.74, 6) is -2.87. The van der Waals surface area contributed by atoms with Crippen molar-refractivity contribution in [3.8, 4) is 0 Å². The minimum atomic E-state index is -1.28. The molecule has 0 saturated carbocycles. The summed E-state index contributed by atoms with van der Waals surface area (Å²) in [5.41, 5.74) is -1.05. The second kappa shape index (κ2) is 8.89. The van der Waals surface area contributed by atoms with Crippen LogP contribution in [0.4, 0.5) is 0 Å². The van der Waals surface area contributed by atoms with E-state index in [1.54, 1.807) is 11.0 Å². The van der Waals surface area contributed by atoms with Crippen LogP contribution in [0, 0.1) is 0 Å². The van der Waals surface area contributed by atoms with E-state index in [-0.39, 0.29) is 23.0 Å². The summed E-state index contributed by atoms with van der Waals surface area (Å²) in [6.07, 6.45) is 3.98. The highest BCUT2D eigenvalue weighted by Gasteiger charge is 2.49. The van der Waals surface area contributed by atoms with E-state index in [0.29, 0.717) is 31.2 Å². The number of rotatable bonds is 6. The van der Waals surface area contributed by atoms with Crippen molar-refractivity contribution in [2.24, 2.45) is 0 Å². The molecule has 2 aliphatic rings. The molecular formula is C28H40N2O6. The average Bonchev–Trinajstić information content (AvgIpc) is 2.69. The predicted octanol–water partition coefficient (Wildman–Crippen LogP) is 4.87. The Hall–Kier alpha value is -2.90. The molecule has 2 heterocycles. The molecule has 0 aromatic heterocycles. The molecule has 8 heteroatoms. The fourth-order valence-electron chi connectivity index (χ4n) is 7.42. The molecule has 2 saturated heterocycles. The number of hydrogen-bond acceptors (Lipinski definition) is 4. The number of benzene rings is 1. The van der Waals surface area contributed by atoms with Crippen LogP contribution in [0.3, 0.4) is 0 Å². The molecule has 8 nitrogen and oxygen atoms in total. The molecule has 2 amide bonds. The molecule has 2 aliphatic heterocycles. The van der Waals surface area contributed by atoms with E-state index in [0.717, 1.165) is 18.4 Å². The summed E-state index contributed by atoms with van der Waals surface area (Å²) >= 11 is 0. The van der Waals surface area contributed by atoms with Gasteiger partial charge in [-0.2, -0.15) is 0 Å². The molecule has 2 N–H and O–H groups in total. The Balaban J connectivity index is 2.29. The van der Waals surface area contributed by atoms with Crippen molar-refractivity contribution in [3.63, 3.8) is 0 Å². The van der Waals surface area contributed by atoms with Gasteiger partial charge in [-0.3, -0.25) is 9.59 Å². The van der Waals surface area contributed by atoms with Crippen molar-refractivity contribution in [3.05, 3.63) is 34.4 Å². The van der Waals surface area contributed by atoms with Gasteiger partial charge in [0.05, 0.1) is 11.1 Å². The molecule has 0 bridgehead atoms. The zero-order valence-corrected chi connectivity index (χ0v) is 22.7. The highest BCUT2D eigenvalue weighted by molar-refractivity contribution is 6.03. The molecule has 1 aromatic carbocycles. The largest absolute Gasteiger partial charge is 0.478 e. The van der Waals surface area contributed by atoms with E-state index in [9.17, 15) is 29.4 Å². The summed E-state index contributed by atoms with van der Waals surface area (Å²) in [6.45, 7) is 15.9. The minimum Gasteiger partial charge on any atom is -0.478 e. The van der Waals surface area contributed by atoms with E-state index in [2.05, 4.69) is 0 Å². The lowest BCUT2D eigenvalue weighted by atomic mass is 9.65. The fraction of sp³-hybridized carbons (Fsp3) is 0.643. The molecular weight excluding hydrogens is 460 g/mol. The number of carboxylic acid groups (broad SMARTS) is 2. The van der Waals surface area contributed by atoms with Crippen molar-refractivity contribution in [2.45, 2.75) is 115 Å². The number of likely N-dealkylation sites (tertiary alicyclic amines) is 2. The highest BCUT2D eigenvalue weighted by Crippen LogP contribution is 2.51. The first kappa shape index (κ1) is 27.7. The van der Waals surface area contributed by atoms with Crippen LogP contribution < -0.4 is 0 Å². The first-order valence-electron chi connectivity index (χ1n) is 12.5. The molecule has 36 heavy (non-hydrogen) atoms. The maximum atomic E-state index is 12.6. The zero-order chi connectivity index (χ0) is 27.4. The molecule has 3 rings (SSSR count). The molecule has 198 valence electrons. The van der Waals surface area contributed by atoms with Crippen molar-refractivity contribution >= 4 is 24.8 Å². The van der Waals surface area contributed by atoms with E-state index < -0.39 is 34.1 Å². The Morgan fingerprint density at radius 1 is 0.722 bits per heavy atom. The van der Waals surface area contributed by atoms with Gasteiger partial charge >= 0.3 is 11.9 Å². The Bertz CT molecular complexity index is 1050. The molecule has 0 atom stereocenters. The van der Waals surface area contributed by atoms with Gasteiger partial charge in [0.25, 0.3) is 0 Å². The standard InChI is InChI=1S/C28H40N2O6/c1-25(2)11-17(12-26(3,4)29(25)15-31)19-9-10-20(23(33)34)22(24(35)36)21(19)18-13-27(5,6)30(16-32)28(7,8)14-18/h9-10,15-18H,11-14H2,1-8H3,(H,33,34)(H,35,36). The van der Waals surface area contributed by atoms with Crippen LogP contribution in [0.5, 0.6) is 0 Å². The van der Waals surface area contributed by atoms with Crippen LogP contribution >= 0.6 is 0 Å². The second-order valence-corrected chi connectivity index (χ2v) is 13.0. The lowest BCUT2D eigenvalue weighted by Gasteiger charge is -2.55. The van der Waals surface area contributed by atoms with Gasteiger partial charge in [0.1, 0.15) is 0 Å². The van der Waals surface area contributed by atoms with Crippen LogP contribution in [-0.2, 0) is 9.59 Å². The summed E-state index contributed by atoms with van der Waals surface area (Å²) in [4.78, 5) is 52.3. The maximum Gasteiger partial charge on any atom is 0.336 e. The van der Waals surface area contributed by atoms with E-state index in [1.165, 1.54) is 6.07 Å². The SMILES string of the molecule is CC1(C)CC(c2ccc(C(=O)O)c(C(=O)O)c2C2CC(C)(C)N(C=O)C(C)(C)C2)CC(C)(C)N1C=O. The predicted molar refractivity (Wildman–Crippen MR) is 136 cm³/mol. The van der Waals surface area contributed by atoms with Gasteiger partial charge in [-0.25, -0.2) is 9.59 Å². The topological polar surface area (TPSA) is 115 Å². The molecule has 0 radical (unpaired) electrons. The van der Waals surface area contributed by atoms with E-state index in [1.807, 2.05) is 60.3 Å². The van der Waals surface area contributed by atoms with Crippen molar-refractivity contribution in [1.29, 1.82) is 0 Å². The van der Waals surface area contributed by atoms with Crippen LogP contribution in [0.2, 0.25) is 0 Å². The lowest BCUT2D eigenvalue weighted by Crippen LogP contribution is -2.60. The van der Waals surface area contributed by atoms with Crippen LogP contribution in [0.25, 0.3) is 0 Å². The number of carbonyl (C=O) groups excluding carboxylic acids is 2. The van der Waals surface area contributed by atoms with Crippen molar-refractivity contribution in [2.75, 3.05) is 0 Å². The smallest absolute Gasteiger partial charge is 0.336 e. The van der Waals surface area contributed by atoms with Gasteiger partial charge in [0, 0.05) is 22.2 Å². The third-order valence-electron chi connectivity index (χ3n) is 8.37. The van der Waals surface area contributed by atoms with E-state index in [4.69, 9.17) is 0 Å². The van der Waals surface area contributed by atoms with Gasteiger partial charge in [0.15, 0.2) is 0 Å². The van der Waals surface area contributed by atoms with Gasteiger partial charge in [-0.15, -0.1) is 0 Å². The van der Waals surface area contributed by atoms with Crippen molar-refractivity contribution < 1.29 is 29.4 Å². The first-order valence-corrected chi connectivity index (χ1v) is 12.5. The first-order chi connectivity index (χ1) is 16.4. The monoisotopic (exact) mass is 500 g/mol. The van der Waals surface area contributed by atoms with Gasteiger partial charge in [0.2, 0.25) is 12.8 Å². The summed E-state index contributed by atoms with van der Waals surface area (Å²) in [7, 11) is 0. The number of carboxylic acids is 2. The van der Waals surface area contributed by atoms with Crippen LogP contribution in [0.1, 0.15) is 125 Å². The van der Waals surface area contributed by atoms with Gasteiger partial charge < -0.3 is 20.0 Å². The van der Waals surface area contributed by atoms with Crippen LogP contribution in [-0.4, -0.2) is 66.9 Å². The van der Waals surface area contributed by atoms with Gasteiger partial charge in [-0.1, -0.05) is 6.07 Å². The highest BCUT2D eigenvalue weighted by atomic mass is 16.4. The number of amides is 2. The molecule has 0 spiro atoms. The molecule has 2 fully saturated rings. The normalized spacial score (nSPS) is 23.2. The number of piperidine rings is 2. The minimum absolute atomic E-state index is 0.0718. The average molecular weight is 501 g/mol. The quantitative estimate of drug-likeness (QED) is 0.539. The third-order valence-corrected chi connectivity index (χ3v) is 8.37. The molecule has 0 unspecified atom stereocenters. The number of nitrogens with zero attached hydrogens (tertiary/aromatic N) is 2. The number of carbonyl (C=O) groups is 4. The second-order valence-electron chi connectivity index (χ2n) is 13.0. The van der Waals surface area contributed by atoms with E-state index >= 15 is 0 Å². The number of aromatic carboxylic acids is 2. The fourth-order valence-corrected chi connectivity index (χ4v) is 7.42. The summed E-state index contributed by atoms with van der Waals surface area (Å²) in [5, 5.41) is 20.2. The van der Waals surface area contributed by atoms with Crippen LogP contribution in [0.15, 0.2) is 12.1 Å². The maximum absolute atomic E-state index is 12.6. The van der Waals surface area contributed by atoms with Gasteiger partial charge in [-0.05, 0) is 110 Å². The summed E-state index contributed by atoms with van der Waals surface area (Å²) in [6, 6.07) is 3.19. The van der Waals surface area contributed by atoms with Crippen molar-refractivity contribution in [1.82, 2.24) is 9.80 Å². The molecule has 0 aliphatic carbocycles. The number of hydrogen-bond donors (Lipinski definition) is 2. The lowest BCUT2D eigenvalue weighted by molar-refractivity contribution is -0.136. The Morgan fingerprint density at radius 3 is 1.44 bits per heavy atom. The Kier molecular flexibility index (Phi) is 6.84. The molecule has 1 aromatic rings.